The van der Waals surface area contributed by atoms with Crippen LogP contribution in [-0.4, -0.2) is 18.4 Å². The fourth-order valence-electron chi connectivity index (χ4n) is 1.39. The highest BCUT2D eigenvalue weighted by Crippen LogP contribution is 2.15. The van der Waals surface area contributed by atoms with Gasteiger partial charge in [0.15, 0.2) is 0 Å². The molecule has 0 radical (unpaired) electrons. The van der Waals surface area contributed by atoms with E-state index in [1.165, 1.54) is 6.26 Å². The molecular weight excluding hydrogens is 218 g/mol. The highest BCUT2D eigenvalue weighted by molar-refractivity contribution is 5.81. The molecule has 0 saturated heterocycles. The molecule has 17 heavy (non-hydrogen) atoms. The maximum Gasteiger partial charge on any atom is 0.290 e. The highest BCUT2D eigenvalue weighted by Gasteiger charge is 1.99. The first-order valence-corrected chi connectivity index (χ1v) is 5.19. The summed E-state index contributed by atoms with van der Waals surface area (Å²) in [5, 5.41) is 9.24. The van der Waals surface area contributed by atoms with E-state index in [0.29, 0.717) is 12.1 Å². The zero-order valence-electron chi connectivity index (χ0n) is 9.46. The summed E-state index contributed by atoms with van der Waals surface area (Å²) >= 11 is 0. The average Bonchev–Trinajstić information content (AvgIpc) is 2.76. The van der Waals surface area contributed by atoms with Crippen molar-refractivity contribution in [2.45, 2.75) is 6.54 Å². The van der Waals surface area contributed by atoms with Crippen molar-refractivity contribution in [3.05, 3.63) is 47.7 Å². The average molecular weight is 231 g/mol. The van der Waals surface area contributed by atoms with E-state index in [9.17, 15) is 5.11 Å². The third kappa shape index (κ3) is 2.87. The number of hydrogen-bond donors (Lipinski definition) is 1. The van der Waals surface area contributed by atoms with Gasteiger partial charge in [-0.05, 0) is 23.8 Å². The largest absolute Gasteiger partial charge is 0.497 e. The Balaban J connectivity index is 1.97. The molecule has 0 amide bonds. The van der Waals surface area contributed by atoms with Crippen molar-refractivity contribution in [2.75, 3.05) is 7.11 Å². The van der Waals surface area contributed by atoms with Crippen LogP contribution in [0.2, 0.25) is 0 Å². The summed E-state index contributed by atoms with van der Waals surface area (Å²) in [5.41, 5.74) is 1.66. The molecule has 0 spiro atoms. The Bertz CT molecular complexity index is 500. The first-order valence-electron chi connectivity index (χ1n) is 5.19. The molecule has 4 heteroatoms. The van der Waals surface area contributed by atoms with Gasteiger partial charge in [-0.1, -0.05) is 12.1 Å². The Labute approximate surface area is 99.2 Å². The summed E-state index contributed by atoms with van der Waals surface area (Å²) in [6, 6.07) is 9.34. The topological polar surface area (TPSA) is 55.0 Å². The molecule has 0 atom stereocenters. The molecule has 0 fully saturated rings. The van der Waals surface area contributed by atoms with E-state index in [1.807, 2.05) is 24.3 Å². The van der Waals surface area contributed by atoms with Gasteiger partial charge in [-0.25, -0.2) is 0 Å². The molecule has 0 saturated carbocycles. The molecule has 1 heterocycles. The van der Waals surface area contributed by atoms with Gasteiger partial charge in [0.1, 0.15) is 5.75 Å². The molecule has 2 rings (SSSR count). The summed E-state index contributed by atoms with van der Waals surface area (Å²) in [7, 11) is 1.63. The van der Waals surface area contributed by atoms with Gasteiger partial charge in [0, 0.05) is 6.21 Å². The van der Waals surface area contributed by atoms with Crippen LogP contribution in [0.1, 0.15) is 11.1 Å². The van der Waals surface area contributed by atoms with Gasteiger partial charge >= 0.3 is 0 Å². The Morgan fingerprint density at radius 1 is 1.29 bits per heavy atom. The molecule has 4 nitrogen and oxygen atoms in total. The zero-order chi connectivity index (χ0) is 12.1. The fourth-order valence-corrected chi connectivity index (χ4v) is 1.39. The Hall–Kier alpha value is -2.23. The van der Waals surface area contributed by atoms with Crippen molar-refractivity contribution >= 4 is 6.21 Å². The van der Waals surface area contributed by atoms with Gasteiger partial charge < -0.3 is 14.3 Å². The van der Waals surface area contributed by atoms with Gasteiger partial charge in [-0.3, -0.25) is 4.99 Å². The summed E-state index contributed by atoms with van der Waals surface area (Å²) in [6.45, 7) is 0.550. The molecule has 0 aliphatic rings. The molecule has 0 aliphatic carbocycles. The second-order valence-corrected chi connectivity index (χ2v) is 3.50. The van der Waals surface area contributed by atoms with Crippen LogP contribution in [0.3, 0.4) is 0 Å². The summed E-state index contributed by atoms with van der Waals surface area (Å²) in [4.78, 5) is 4.21. The lowest BCUT2D eigenvalue weighted by molar-refractivity contribution is 0.332. The Morgan fingerprint density at radius 3 is 2.65 bits per heavy atom. The molecular formula is C13H13NO3. The van der Waals surface area contributed by atoms with Crippen LogP contribution < -0.4 is 4.74 Å². The monoisotopic (exact) mass is 231 g/mol. The predicted octanol–water partition coefficient (Wildman–Crippen LogP) is 2.61. The smallest absolute Gasteiger partial charge is 0.290 e. The maximum absolute atomic E-state index is 9.24. The van der Waals surface area contributed by atoms with Crippen molar-refractivity contribution in [2.24, 2.45) is 4.99 Å². The third-order valence-electron chi connectivity index (χ3n) is 2.34. The molecule has 0 aliphatic heterocycles. The zero-order valence-corrected chi connectivity index (χ0v) is 9.46. The summed E-state index contributed by atoms with van der Waals surface area (Å²) in [6.07, 6.45) is 3.01. The third-order valence-corrected chi connectivity index (χ3v) is 2.34. The predicted molar refractivity (Wildman–Crippen MR) is 64.7 cm³/mol. The van der Waals surface area contributed by atoms with Crippen LogP contribution in [0.25, 0.3) is 0 Å². The van der Waals surface area contributed by atoms with Crippen LogP contribution >= 0.6 is 0 Å². The van der Waals surface area contributed by atoms with E-state index in [2.05, 4.69) is 4.99 Å². The lowest BCUT2D eigenvalue weighted by Crippen LogP contribution is -1.85. The number of ether oxygens (including phenoxy) is 1. The van der Waals surface area contributed by atoms with Crippen molar-refractivity contribution in [1.82, 2.24) is 0 Å². The molecule has 88 valence electrons. The number of rotatable bonds is 4. The van der Waals surface area contributed by atoms with Crippen molar-refractivity contribution < 1.29 is 14.3 Å². The van der Waals surface area contributed by atoms with E-state index in [0.717, 1.165) is 11.3 Å². The number of nitrogens with zero attached hydrogens (tertiary/aromatic N) is 1. The van der Waals surface area contributed by atoms with Crippen LogP contribution in [-0.2, 0) is 6.54 Å². The Kier molecular flexibility index (Phi) is 3.45. The quantitative estimate of drug-likeness (QED) is 0.823. The van der Waals surface area contributed by atoms with Gasteiger partial charge in [0.05, 0.1) is 25.5 Å². The van der Waals surface area contributed by atoms with E-state index < -0.39 is 0 Å². The van der Waals surface area contributed by atoms with Crippen molar-refractivity contribution in [1.29, 1.82) is 0 Å². The minimum atomic E-state index is -0.108. The van der Waals surface area contributed by atoms with Crippen LogP contribution in [0.15, 0.2) is 46.0 Å². The number of furan rings is 1. The van der Waals surface area contributed by atoms with E-state index >= 15 is 0 Å². The maximum atomic E-state index is 9.24. The second-order valence-electron chi connectivity index (χ2n) is 3.50. The normalized spacial score (nSPS) is 10.9. The lowest BCUT2D eigenvalue weighted by Gasteiger charge is -2.00. The number of aliphatic imine (C=N–C) groups is 1. The van der Waals surface area contributed by atoms with E-state index in [4.69, 9.17) is 9.15 Å². The van der Waals surface area contributed by atoms with Crippen LogP contribution in [0, 0.1) is 0 Å². The summed E-state index contributed by atoms with van der Waals surface area (Å²) < 4.78 is 9.81. The number of benzene rings is 1. The number of aromatic hydroxyl groups is 1. The lowest BCUT2D eigenvalue weighted by atomic mass is 10.2. The number of hydrogen-bond acceptors (Lipinski definition) is 4. The highest BCUT2D eigenvalue weighted by atomic mass is 16.5. The Morgan fingerprint density at radius 2 is 2.06 bits per heavy atom. The molecule has 1 N–H and O–H groups in total. The van der Waals surface area contributed by atoms with Crippen LogP contribution in [0.5, 0.6) is 11.7 Å². The summed E-state index contributed by atoms with van der Waals surface area (Å²) in [5.74, 6) is 0.716. The molecule has 0 unspecified atom stereocenters. The second kappa shape index (κ2) is 5.21. The van der Waals surface area contributed by atoms with E-state index in [-0.39, 0.29) is 5.95 Å². The van der Waals surface area contributed by atoms with Gasteiger partial charge in [0.2, 0.25) is 0 Å². The minimum Gasteiger partial charge on any atom is -0.497 e. The van der Waals surface area contributed by atoms with Crippen LogP contribution in [0.4, 0.5) is 0 Å². The van der Waals surface area contributed by atoms with Crippen molar-refractivity contribution in [3.8, 4) is 11.7 Å². The molecule has 0 bridgehead atoms. The van der Waals surface area contributed by atoms with Gasteiger partial charge in [0.25, 0.3) is 5.95 Å². The van der Waals surface area contributed by atoms with Crippen molar-refractivity contribution in [3.63, 3.8) is 0 Å². The standard InChI is InChI=1S/C13H13NO3/c1-16-12-4-2-10(3-5-12)8-14-9-11-6-7-17-13(11)15/h2-7,9,15H,8H2,1H3. The fraction of sp³-hybridized carbons (Fsp3) is 0.154. The molecule has 2 aromatic rings. The first-order chi connectivity index (χ1) is 8.29. The minimum absolute atomic E-state index is 0.108. The number of methoxy groups -OCH3 is 1. The SMILES string of the molecule is COc1ccc(CN=Cc2ccoc2O)cc1. The molecule has 1 aromatic carbocycles. The molecule has 1 aromatic heterocycles. The first kappa shape index (κ1) is 11.3. The van der Waals surface area contributed by atoms with E-state index in [1.54, 1.807) is 19.4 Å². The van der Waals surface area contributed by atoms with Gasteiger partial charge in [-0.15, -0.1) is 0 Å². The van der Waals surface area contributed by atoms with Gasteiger partial charge in [-0.2, -0.15) is 0 Å².